The van der Waals surface area contributed by atoms with Crippen LogP contribution in [0.25, 0.3) is 16.8 Å². The topological polar surface area (TPSA) is 129 Å². The van der Waals surface area contributed by atoms with E-state index in [-0.39, 0.29) is 33.8 Å². The number of alkyl halides is 3. The lowest BCUT2D eigenvalue weighted by Crippen LogP contribution is -2.40. The number of nitro groups is 1. The van der Waals surface area contributed by atoms with Gasteiger partial charge in [0.05, 0.1) is 27.6 Å². The summed E-state index contributed by atoms with van der Waals surface area (Å²) in [6.45, 7) is 6.50. The van der Waals surface area contributed by atoms with Gasteiger partial charge in [-0.2, -0.15) is 17.9 Å². The molecule has 0 spiro atoms. The number of halogens is 4. The summed E-state index contributed by atoms with van der Waals surface area (Å²) in [4.78, 5) is 23.9. The van der Waals surface area contributed by atoms with E-state index in [1.807, 2.05) is 6.92 Å². The minimum Gasteiger partial charge on any atom is -0.274 e. The molecule has 0 fully saturated rings. The molecule has 10 nitrogen and oxygen atoms in total. The minimum atomic E-state index is -4.95. The molecule has 45 heavy (non-hydrogen) atoms. The first-order valence-electron chi connectivity index (χ1n) is 13.9. The van der Waals surface area contributed by atoms with E-state index >= 15 is 4.39 Å². The monoisotopic (exact) mass is 649 g/mol. The van der Waals surface area contributed by atoms with E-state index in [4.69, 9.17) is 0 Å². The Hall–Kier alpha value is -4.37. The molecule has 0 unspecified atom stereocenters. The van der Waals surface area contributed by atoms with Crippen molar-refractivity contribution >= 4 is 15.7 Å². The molecule has 0 aliphatic rings. The highest BCUT2D eigenvalue weighted by atomic mass is 32.2. The molecule has 4 rings (SSSR count). The summed E-state index contributed by atoms with van der Waals surface area (Å²) >= 11 is 0. The molecular weight excluding hydrogens is 618 g/mol. The predicted molar refractivity (Wildman–Crippen MR) is 159 cm³/mol. The predicted octanol–water partition coefficient (Wildman–Crippen LogP) is 6.23. The number of sulfonamides is 1. The van der Waals surface area contributed by atoms with Crippen molar-refractivity contribution in [1.82, 2.24) is 19.1 Å². The molecule has 0 amide bonds. The van der Waals surface area contributed by atoms with E-state index in [0.717, 1.165) is 10.6 Å². The van der Waals surface area contributed by atoms with Crippen molar-refractivity contribution in [1.29, 1.82) is 0 Å². The minimum absolute atomic E-state index is 0.0126. The Bertz CT molecular complexity index is 1910. The fourth-order valence-electron chi connectivity index (χ4n) is 4.73. The Morgan fingerprint density at radius 2 is 1.71 bits per heavy atom. The lowest BCUT2D eigenvalue weighted by Gasteiger charge is -2.21. The molecule has 1 aromatic heterocycles. The van der Waals surface area contributed by atoms with Crippen LogP contribution in [-0.2, 0) is 29.2 Å². The van der Waals surface area contributed by atoms with Crippen molar-refractivity contribution in [3.8, 4) is 16.8 Å². The molecule has 1 N–H and O–H groups in total. The average molecular weight is 650 g/mol. The second-order valence-corrected chi connectivity index (χ2v) is 13.1. The number of nitrogens with one attached hydrogen (secondary N) is 1. The lowest BCUT2D eigenvalue weighted by molar-refractivity contribution is -0.384. The van der Waals surface area contributed by atoms with Crippen molar-refractivity contribution in [2.24, 2.45) is 0 Å². The summed E-state index contributed by atoms with van der Waals surface area (Å²) in [6.07, 6.45) is -3.62. The Balaban J connectivity index is 1.80. The standard InChI is InChI=1S/C30H31F4N5O5S/c1-5-6-11-27-35-38(25-17-21(39(41)42)14-15-23(25)30(32,33)34)28(40)37(27)18-20-13-12-19(16-24(20)31)22-9-7-8-10-26(22)45(43,44)36-29(2,3)4/h7-10,12-17,36H,5-6,11,18H2,1-4H3. The van der Waals surface area contributed by atoms with Crippen LogP contribution < -0.4 is 10.4 Å². The molecular formula is C30H31F4N5O5S. The first kappa shape index (κ1) is 33.5. The average Bonchev–Trinajstić information content (AvgIpc) is 3.25. The Labute approximate surface area is 256 Å². The SMILES string of the molecule is CCCCc1nn(-c2cc([N+](=O)[O-])ccc2C(F)(F)F)c(=O)n1Cc1ccc(-c2ccccc2S(=O)(=O)NC(C)(C)C)cc1F. The summed E-state index contributed by atoms with van der Waals surface area (Å²) in [5.41, 5.74) is -4.15. The van der Waals surface area contributed by atoms with Gasteiger partial charge < -0.3 is 0 Å². The molecule has 0 bridgehead atoms. The van der Waals surface area contributed by atoms with Gasteiger partial charge >= 0.3 is 11.9 Å². The van der Waals surface area contributed by atoms with Crippen molar-refractivity contribution in [2.75, 3.05) is 0 Å². The maximum Gasteiger partial charge on any atom is 0.418 e. The summed E-state index contributed by atoms with van der Waals surface area (Å²) in [5.74, 6) is -0.731. The number of unbranched alkanes of at least 4 members (excludes halogenated alkanes) is 1. The van der Waals surface area contributed by atoms with Gasteiger partial charge in [-0.1, -0.05) is 43.7 Å². The molecule has 3 aromatic carbocycles. The number of aromatic nitrogens is 3. The number of rotatable bonds is 10. The summed E-state index contributed by atoms with van der Waals surface area (Å²) in [6, 6.07) is 11.8. The van der Waals surface area contributed by atoms with Crippen LogP contribution in [0.2, 0.25) is 0 Å². The van der Waals surface area contributed by atoms with E-state index < -0.39 is 61.7 Å². The van der Waals surface area contributed by atoms with Crippen LogP contribution in [0.4, 0.5) is 23.2 Å². The fraction of sp³-hybridized carbons (Fsp3) is 0.333. The van der Waals surface area contributed by atoms with Gasteiger partial charge in [0.25, 0.3) is 5.69 Å². The first-order valence-corrected chi connectivity index (χ1v) is 15.4. The molecule has 0 saturated heterocycles. The zero-order valence-corrected chi connectivity index (χ0v) is 25.7. The van der Waals surface area contributed by atoms with Gasteiger partial charge in [-0.15, -0.1) is 5.10 Å². The number of aryl methyl sites for hydroxylation is 1. The van der Waals surface area contributed by atoms with Gasteiger partial charge in [-0.05, 0) is 51.0 Å². The van der Waals surface area contributed by atoms with Crippen molar-refractivity contribution in [2.45, 2.75) is 70.1 Å². The van der Waals surface area contributed by atoms with Crippen LogP contribution in [0.3, 0.4) is 0 Å². The van der Waals surface area contributed by atoms with Crippen LogP contribution in [0.1, 0.15) is 57.5 Å². The van der Waals surface area contributed by atoms with Crippen molar-refractivity contribution < 1.29 is 30.9 Å². The third-order valence-electron chi connectivity index (χ3n) is 6.73. The number of hydrogen-bond acceptors (Lipinski definition) is 6. The van der Waals surface area contributed by atoms with Crippen LogP contribution in [0, 0.1) is 15.9 Å². The highest BCUT2D eigenvalue weighted by Gasteiger charge is 2.36. The molecule has 4 aromatic rings. The second kappa shape index (κ2) is 12.6. The van der Waals surface area contributed by atoms with E-state index in [2.05, 4.69) is 9.82 Å². The molecule has 0 atom stereocenters. The largest absolute Gasteiger partial charge is 0.418 e. The van der Waals surface area contributed by atoms with E-state index in [1.54, 1.807) is 32.9 Å². The molecule has 240 valence electrons. The highest BCUT2D eigenvalue weighted by molar-refractivity contribution is 7.89. The smallest absolute Gasteiger partial charge is 0.274 e. The van der Waals surface area contributed by atoms with Crippen LogP contribution in [0.15, 0.2) is 70.4 Å². The number of non-ortho nitro benzene ring substituents is 1. The van der Waals surface area contributed by atoms with E-state index in [0.29, 0.717) is 35.7 Å². The van der Waals surface area contributed by atoms with Gasteiger partial charge in [-0.3, -0.25) is 14.7 Å². The zero-order valence-electron chi connectivity index (χ0n) is 24.9. The van der Waals surface area contributed by atoms with Crippen molar-refractivity contribution in [3.63, 3.8) is 0 Å². The van der Waals surface area contributed by atoms with Gasteiger partial charge in [0.1, 0.15) is 11.6 Å². The number of benzene rings is 3. The van der Waals surface area contributed by atoms with Crippen LogP contribution in [-0.4, -0.2) is 33.2 Å². The van der Waals surface area contributed by atoms with Gasteiger partial charge in [0, 0.05) is 35.2 Å². The highest BCUT2D eigenvalue weighted by Crippen LogP contribution is 2.35. The summed E-state index contributed by atoms with van der Waals surface area (Å²) < 4.78 is 87.4. The summed E-state index contributed by atoms with van der Waals surface area (Å²) in [5, 5.41) is 15.4. The van der Waals surface area contributed by atoms with E-state index in [9.17, 15) is 36.5 Å². The quantitative estimate of drug-likeness (QED) is 0.123. The zero-order chi connectivity index (χ0) is 33.3. The van der Waals surface area contributed by atoms with Gasteiger partial charge in [-0.25, -0.2) is 22.3 Å². The normalized spacial score (nSPS) is 12.4. The number of hydrogen-bond donors (Lipinski definition) is 1. The molecule has 0 aliphatic heterocycles. The Morgan fingerprint density at radius 3 is 2.31 bits per heavy atom. The third-order valence-corrected chi connectivity index (χ3v) is 8.54. The number of nitro benzene ring substituents is 1. The second-order valence-electron chi connectivity index (χ2n) is 11.4. The molecule has 1 heterocycles. The number of nitrogens with zero attached hydrogens (tertiary/aromatic N) is 4. The Kier molecular flexibility index (Phi) is 9.35. The molecule has 0 radical (unpaired) electrons. The Morgan fingerprint density at radius 1 is 1.02 bits per heavy atom. The maximum atomic E-state index is 15.6. The van der Waals surface area contributed by atoms with Gasteiger partial charge in [0.2, 0.25) is 10.0 Å². The molecule has 0 saturated carbocycles. The molecule has 15 heteroatoms. The van der Waals surface area contributed by atoms with Gasteiger partial charge in [0.15, 0.2) is 0 Å². The molecule has 0 aliphatic carbocycles. The first-order chi connectivity index (χ1) is 20.9. The van der Waals surface area contributed by atoms with E-state index in [1.165, 1.54) is 24.3 Å². The van der Waals surface area contributed by atoms with Crippen LogP contribution >= 0.6 is 0 Å². The fourth-order valence-corrected chi connectivity index (χ4v) is 6.38. The van der Waals surface area contributed by atoms with Crippen LogP contribution in [0.5, 0.6) is 0 Å². The summed E-state index contributed by atoms with van der Waals surface area (Å²) in [7, 11) is -3.99. The third kappa shape index (κ3) is 7.48. The maximum absolute atomic E-state index is 15.6. The van der Waals surface area contributed by atoms with Crippen molar-refractivity contribution in [3.05, 3.63) is 104 Å². The lowest BCUT2D eigenvalue weighted by atomic mass is 10.0.